The zero-order valence-electron chi connectivity index (χ0n) is 16.3. The predicted octanol–water partition coefficient (Wildman–Crippen LogP) is 3.03. The lowest BCUT2D eigenvalue weighted by molar-refractivity contribution is -0.150. The van der Waals surface area contributed by atoms with Crippen LogP contribution in [-0.4, -0.2) is 49.0 Å². The van der Waals surface area contributed by atoms with Crippen LogP contribution in [0.5, 0.6) is 0 Å². The number of nitrogens with zero attached hydrogens (tertiary/aromatic N) is 4. The third-order valence-corrected chi connectivity index (χ3v) is 4.52. The second-order valence-corrected chi connectivity index (χ2v) is 7.10. The van der Waals surface area contributed by atoms with Gasteiger partial charge in [0.2, 0.25) is 5.91 Å². The monoisotopic (exact) mass is 372 g/mol. The third-order valence-electron chi connectivity index (χ3n) is 4.52. The molecular formula is C20H28N4O3. The van der Waals surface area contributed by atoms with E-state index in [1.54, 1.807) is 18.5 Å². The number of carbonyl (C=O) groups excluding carboxylic acids is 1. The van der Waals surface area contributed by atoms with E-state index in [9.17, 15) is 14.7 Å². The molecule has 0 aliphatic heterocycles. The van der Waals surface area contributed by atoms with Crippen LogP contribution in [0.15, 0.2) is 31.1 Å². The minimum Gasteiger partial charge on any atom is -0.480 e. The Balaban J connectivity index is 2.05. The number of aliphatic carboxylic acids is 1. The fourth-order valence-corrected chi connectivity index (χ4v) is 3.27. The molecule has 0 radical (unpaired) electrons. The highest BCUT2D eigenvalue weighted by atomic mass is 16.4. The van der Waals surface area contributed by atoms with Gasteiger partial charge in [0.1, 0.15) is 17.4 Å². The van der Waals surface area contributed by atoms with Gasteiger partial charge in [-0.3, -0.25) is 9.78 Å². The summed E-state index contributed by atoms with van der Waals surface area (Å²) in [5, 5.41) is 9.55. The van der Waals surface area contributed by atoms with Gasteiger partial charge in [-0.25, -0.2) is 9.78 Å². The summed E-state index contributed by atoms with van der Waals surface area (Å²) in [6.45, 7) is 10.4. The Kier molecular flexibility index (Phi) is 7.10. The molecule has 27 heavy (non-hydrogen) atoms. The SMILES string of the molecule is C=CCN(C(=O)CCCn1c(C)nc2cnccc21)[C@@H](CC(C)C)C(=O)O. The minimum atomic E-state index is -0.970. The largest absolute Gasteiger partial charge is 0.480 e. The number of imidazole rings is 1. The number of pyridine rings is 1. The molecule has 0 fully saturated rings. The quantitative estimate of drug-likeness (QED) is 0.648. The average Bonchev–Trinajstić information content (AvgIpc) is 2.93. The van der Waals surface area contributed by atoms with Crippen molar-refractivity contribution < 1.29 is 14.7 Å². The van der Waals surface area contributed by atoms with Crippen LogP contribution in [0.3, 0.4) is 0 Å². The summed E-state index contributed by atoms with van der Waals surface area (Å²) in [5.74, 6) is -0.0778. The van der Waals surface area contributed by atoms with Crippen molar-refractivity contribution in [1.29, 1.82) is 0 Å². The Bertz CT molecular complexity index is 813. The normalized spacial score (nSPS) is 12.3. The first kappa shape index (κ1) is 20.6. The van der Waals surface area contributed by atoms with Crippen LogP contribution in [-0.2, 0) is 16.1 Å². The molecule has 1 N–H and O–H groups in total. The lowest BCUT2D eigenvalue weighted by Gasteiger charge is -2.29. The summed E-state index contributed by atoms with van der Waals surface area (Å²) in [4.78, 5) is 34.4. The molecule has 0 bridgehead atoms. The van der Waals surface area contributed by atoms with E-state index in [1.165, 1.54) is 4.90 Å². The molecule has 146 valence electrons. The van der Waals surface area contributed by atoms with E-state index in [1.807, 2.05) is 26.8 Å². The highest BCUT2D eigenvalue weighted by Gasteiger charge is 2.29. The molecule has 2 heterocycles. The number of amides is 1. The molecule has 0 aliphatic rings. The van der Waals surface area contributed by atoms with E-state index in [0.717, 1.165) is 16.9 Å². The molecule has 0 saturated carbocycles. The summed E-state index contributed by atoms with van der Waals surface area (Å²) in [6.07, 6.45) is 6.33. The number of fused-ring (bicyclic) bond motifs is 1. The van der Waals surface area contributed by atoms with E-state index in [0.29, 0.717) is 19.4 Å². The molecule has 0 unspecified atom stereocenters. The maximum Gasteiger partial charge on any atom is 0.326 e. The molecule has 1 atom stereocenters. The smallest absolute Gasteiger partial charge is 0.326 e. The Labute approximate surface area is 159 Å². The van der Waals surface area contributed by atoms with Crippen LogP contribution in [0.2, 0.25) is 0 Å². The number of carboxylic acid groups (broad SMARTS) is 1. The van der Waals surface area contributed by atoms with Crippen molar-refractivity contribution >= 4 is 22.9 Å². The molecule has 2 rings (SSSR count). The van der Waals surface area contributed by atoms with Crippen molar-refractivity contribution in [3.8, 4) is 0 Å². The second-order valence-electron chi connectivity index (χ2n) is 7.10. The first-order valence-electron chi connectivity index (χ1n) is 9.25. The van der Waals surface area contributed by atoms with Crippen molar-refractivity contribution in [3.05, 3.63) is 36.9 Å². The number of aromatic nitrogens is 3. The highest BCUT2D eigenvalue weighted by Crippen LogP contribution is 2.17. The first-order chi connectivity index (χ1) is 12.8. The topological polar surface area (TPSA) is 88.3 Å². The van der Waals surface area contributed by atoms with Crippen LogP contribution in [0.4, 0.5) is 0 Å². The molecule has 1 amide bonds. The minimum absolute atomic E-state index is 0.160. The number of carboxylic acids is 1. The van der Waals surface area contributed by atoms with Crippen molar-refractivity contribution in [1.82, 2.24) is 19.4 Å². The molecule has 0 saturated heterocycles. The van der Waals surface area contributed by atoms with E-state index in [-0.39, 0.29) is 24.8 Å². The lowest BCUT2D eigenvalue weighted by atomic mass is 10.0. The van der Waals surface area contributed by atoms with Crippen LogP contribution >= 0.6 is 0 Å². The maximum atomic E-state index is 12.7. The number of hydrogen-bond acceptors (Lipinski definition) is 4. The average molecular weight is 372 g/mol. The van der Waals surface area contributed by atoms with Gasteiger partial charge < -0.3 is 14.6 Å². The lowest BCUT2D eigenvalue weighted by Crippen LogP contribution is -2.45. The molecule has 2 aromatic rings. The maximum absolute atomic E-state index is 12.7. The summed E-state index contributed by atoms with van der Waals surface area (Å²) in [7, 11) is 0. The van der Waals surface area contributed by atoms with Crippen molar-refractivity contribution in [2.45, 2.75) is 52.6 Å². The van der Waals surface area contributed by atoms with E-state index in [2.05, 4.69) is 21.1 Å². The van der Waals surface area contributed by atoms with Gasteiger partial charge in [-0.1, -0.05) is 19.9 Å². The predicted molar refractivity (Wildman–Crippen MR) is 104 cm³/mol. The molecular weight excluding hydrogens is 344 g/mol. The van der Waals surface area contributed by atoms with Crippen LogP contribution < -0.4 is 0 Å². The standard InChI is InChI=1S/C20H28N4O3/c1-5-10-24(18(20(26)27)12-14(2)3)19(25)7-6-11-23-15(4)22-16-13-21-9-8-17(16)23/h5,8-9,13-14,18H,1,6-7,10-12H2,2-4H3,(H,26,27)/t18-/m0/s1. The molecule has 7 nitrogen and oxygen atoms in total. The van der Waals surface area contributed by atoms with Gasteiger partial charge in [-0.15, -0.1) is 6.58 Å². The fraction of sp³-hybridized carbons (Fsp3) is 0.500. The van der Waals surface area contributed by atoms with Gasteiger partial charge in [-0.2, -0.15) is 0 Å². The fourth-order valence-electron chi connectivity index (χ4n) is 3.27. The van der Waals surface area contributed by atoms with Gasteiger partial charge >= 0.3 is 5.97 Å². The Morgan fingerprint density at radius 3 is 2.78 bits per heavy atom. The molecule has 2 aromatic heterocycles. The zero-order chi connectivity index (χ0) is 20.0. The van der Waals surface area contributed by atoms with Gasteiger partial charge in [-0.05, 0) is 31.7 Å². The summed E-state index contributed by atoms with van der Waals surface area (Å²) < 4.78 is 2.06. The van der Waals surface area contributed by atoms with Crippen molar-refractivity contribution in [2.75, 3.05) is 6.54 Å². The van der Waals surface area contributed by atoms with Crippen molar-refractivity contribution in [3.63, 3.8) is 0 Å². The number of carbonyl (C=O) groups is 2. The van der Waals surface area contributed by atoms with Gasteiger partial charge in [0, 0.05) is 25.7 Å². The van der Waals surface area contributed by atoms with E-state index < -0.39 is 12.0 Å². The molecule has 7 heteroatoms. The Hall–Kier alpha value is -2.70. The van der Waals surface area contributed by atoms with Gasteiger partial charge in [0.25, 0.3) is 0 Å². The Morgan fingerprint density at radius 2 is 2.15 bits per heavy atom. The molecule has 0 spiro atoms. The summed E-state index contributed by atoms with van der Waals surface area (Å²) in [5.41, 5.74) is 1.82. The number of rotatable bonds is 10. The van der Waals surface area contributed by atoms with E-state index >= 15 is 0 Å². The molecule has 0 aromatic carbocycles. The number of aryl methyl sites for hydroxylation is 2. The molecule has 0 aliphatic carbocycles. The second kappa shape index (κ2) is 9.30. The van der Waals surface area contributed by atoms with Crippen LogP contribution in [0.25, 0.3) is 11.0 Å². The van der Waals surface area contributed by atoms with Crippen LogP contribution in [0, 0.1) is 12.8 Å². The first-order valence-corrected chi connectivity index (χ1v) is 9.25. The van der Waals surface area contributed by atoms with Gasteiger partial charge in [0.05, 0.1) is 11.7 Å². The third kappa shape index (κ3) is 5.15. The zero-order valence-corrected chi connectivity index (χ0v) is 16.3. The van der Waals surface area contributed by atoms with Gasteiger partial charge in [0.15, 0.2) is 0 Å². The summed E-state index contributed by atoms with van der Waals surface area (Å²) >= 11 is 0. The Morgan fingerprint density at radius 1 is 1.41 bits per heavy atom. The van der Waals surface area contributed by atoms with Crippen LogP contribution in [0.1, 0.15) is 38.9 Å². The summed E-state index contributed by atoms with van der Waals surface area (Å²) in [6, 6.07) is 1.09. The van der Waals surface area contributed by atoms with Crippen molar-refractivity contribution in [2.24, 2.45) is 5.92 Å². The number of hydrogen-bond donors (Lipinski definition) is 1. The highest BCUT2D eigenvalue weighted by molar-refractivity contribution is 5.83. The van der Waals surface area contributed by atoms with E-state index in [4.69, 9.17) is 0 Å².